The Bertz CT molecular complexity index is 1040. The number of fused-ring (bicyclic) bond motifs is 1. The second kappa shape index (κ2) is 6.31. The van der Waals surface area contributed by atoms with Gasteiger partial charge in [0.2, 0.25) is 0 Å². The van der Waals surface area contributed by atoms with Crippen molar-refractivity contribution >= 4 is 16.1 Å². The van der Waals surface area contributed by atoms with Crippen LogP contribution in [-0.2, 0) is 9.84 Å². The topological polar surface area (TPSA) is 93.2 Å². The third-order valence-electron chi connectivity index (χ3n) is 4.21. The molecule has 27 heavy (non-hydrogen) atoms. The van der Waals surface area contributed by atoms with E-state index in [1.807, 2.05) is 0 Å². The summed E-state index contributed by atoms with van der Waals surface area (Å²) < 4.78 is 85.6. The van der Waals surface area contributed by atoms with Crippen LogP contribution in [0, 0.1) is 11.2 Å². The summed E-state index contributed by atoms with van der Waals surface area (Å²) in [5, 5.41) is 7.16. The smallest absolute Gasteiger partial charge is 0.301 e. The molecule has 0 aromatic heterocycles. The van der Waals surface area contributed by atoms with Crippen molar-refractivity contribution in [3.63, 3.8) is 0 Å². The highest BCUT2D eigenvalue weighted by molar-refractivity contribution is 7.90. The zero-order valence-electron chi connectivity index (χ0n) is 13.8. The molecular formula is C17H14F4N2O3S. The SMILES string of the molecule is CS(=O)(=O)c1ccc(Oc2cc(F)cc(C=N)c2)c2c1[C@H](N)C(F)(F)[C@@H]2F. The van der Waals surface area contributed by atoms with E-state index in [-0.39, 0.29) is 11.3 Å². The fourth-order valence-corrected chi connectivity index (χ4v) is 3.94. The zero-order valence-corrected chi connectivity index (χ0v) is 14.7. The van der Waals surface area contributed by atoms with Crippen molar-refractivity contribution in [3.8, 4) is 11.5 Å². The minimum absolute atomic E-state index is 0.133. The first-order chi connectivity index (χ1) is 12.5. The van der Waals surface area contributed by atoms with Gasteiger partial charge in [-0.2, -0.15) is 0 Å². The molecule has 5 nitrogen and oxygen atoms in total. The first-order valence-corrected chi connectivity index (χ1v) is 9.49. The van der Waals surface area contributed by atoms with E-state index >= 15 is 0 Å². The number of hydrogen-bond donors (Lipinski definition) is 2. The summed E-state index contributed by atoms with van der Waals surface area (Å²) >= 11 is 0. The average molecular weight is 402 g/mol. The number of nitrogens with one attached hydrogen (secondary N) is 1. The molecule has 3 N–H and O–H groups in total. The number of nitrogens with two attached hydrogens (primary N) is 1. The van der Waals surface area contributed by atoms with Crippen LogP contribution in [0.1, 0.15) is 28.9 Å². The Kier molecular flexibility index (Phi) is 4.51. The van der Waals surface area contributed by atoms with E-state index in [1.165, 1.54) is 6.07 Å². The maximum atomic E-state index is 14.5. The van der Waals surface area contributed by atoms with E-state index in [1.54, 1.807) is 0 Å². The maximum Gasteiger partial charge on any atom is 0.301 e. The molecule has 10 heteroatoms. The molecule has 2 atom stereocenters. The van der Waals surface area contributed by atoms with Crippen LogP contribution < -0.4 is 10.5 Å². The second-order valence-electron chi connectivity index (χ2n) is 6.14. The van der Waals surface area contributed by atoms with Crippen molar-refractivity contribution < 1.29 is 30.7 Å². The minimum Gasteiger partial charge on any atom is -0.457 e. The molecule has 0 unspecified atom stereocenters. The summed E-state index contributed by atoms with van der Waals surface area (Å²) in [7, 11) is -3.97. The number of alkyl halides is 3. The molecule has 2 aromatic carbocycles. The molecule has 1 aliphatic carbocycles. The largest absolute Gasteiger partial charge is 0.457 e. The van der Waals surface area contributed by atoms with Crippen molar-refractivity contribution in [2.24, 2.45) is 5.73 Å². The normalized spacial score (nSPS) is 21.0. The van der Waals surface area contributed by atoms with Crippen LogP contribution in [0.15, 0.2) is 35.2 Å². The minimum atomic E-state index is -4.04. The van der Waals surface area contributed by atoms with Gasteiger partial charge in [-0.3, -0.25) is 0 Å². The summed E-state index contributed by atoms with van der Waals surface area (Å²) in [6.07, 6.45) is -1.26. The van der Waals surface area contributed by atoms with E-state index in [0.29, 0.717) is 0 Å². The lowest BCUT2D eigenvalue weighted by atomic mass is 10.1. The Morgan fingerprint density at radius 1 is 1.22 bits per heavy atom. The number of sulfone groups is 1. The van der Waals surface area contributed by atoms with Crippen molar-refractivity contribution in [1.82, 2.24) is 0 Å². The molecule has 2 aromatic rings. The quantitative estimate of drug-likeness (QED) is 0.603. The lowest BCUT2D eigenvalue weighted by Crippen LogP contribution is -2.31. The number of rotatable bonds is 4. The summed E-state index contributed by atoms with van der Waals surface area (Å²) in [4.78, 5) is -0.517. The van der Waals surface area contributed by atoms with Crippen LogP contribution in [0.2, 0.25) is 0 Å². The van der Waals surface area contributed by atoms with Gasteiger partial charge in [0.1, 0.15) is 17.3 Å². The van der Waals surface area contributed by atoms with Crippen LogP contribution in [0.5, 0.6) is 11.5 Å². The highest BCUT2D eigenvalue weighted by Crippen LogP contribution is 2.56. The number of benzene rings is 2. The van der Waals surface area contributed by atoms with Gasteiger partial charge in [0.25, 0.3) is 0 Å². The lowest BCUT2D eigenvalue weighted by Gasteiger charge is -2.17. The van der Waals surface area contributed by atoms with Gasteiger partial charge >= 0.3 is 5.92 Å². The molecule has 3 rings (SSSR count). The first-order valence-electron chi connectivity index (χ1n) is 7.60. The molecule has 0 saturated heterocycles. The number of ether oxygens (including phenoxy) is 1. The van der Waals surface area contributed by atoms with Gasteiger partial charge in [-0.15, -0.1) is 0 Å². The van der Waals surface area contributed by atoms with E-state index < -0.39 is 55.6 Å². The number of hydrogen-bond acceptors (Lipinski definition) is 5. The van der Waals surface area contributed by atoms with Gasteiger partial charge < -0.3 is 15.9 Å². The van der Waals surface area contributed by atoms with Gasteiger partial charge in [0.05, 0.1) is 10.9 Å². The third kappa shape index (κ3) is 3.19. The summed E-state index contributed by atoms with van der Waals surface area (Å²) in [6.45, 7) is 0. The average Bonchev–Trinajstić information content (AvgIpc) is 2.75. The Morgan fingerprint density at radius 2 is 1.89 bits per heavy atom. The van der Waals surface area contributed by atoms with Gasteiger partial charge in [-0.25, -0.2) is 26.0 Å². The molecular weight excluding hydrogens is 388 g/mol. The van der Waals surface area contributed by atoms with Gasteiger partial charge in [-0.05, 0) is 29.8 Å². The molecule has 0 amide bonds. The molecule has 0 aliphatic heterocycles. The zero-order chi connectivity index (χ0) is 20.1. The molecule has 0 heterocycles. The van der Waals surface area contributed by atoms with E-state index in [4.69, 9.17) is 15.9 Å². The van der Waals surface area contributed by atoms with Crippen LogP contribution in [0.4, 0.5) is 17.6 Å². The third-order valence-corrected chi connectivity index (χ3v) is 5.37. The van der Waals surface area contributed by atoms with Crippen molar-refractivity contribution in [2.75, 3.05) is 6.26 Å². The van der Waals surface area contributed by atoms with Crippen molar-refractivity contribution in [3.05, 3.63) is 52.8 Å². The summed E-state index contributed by atoms with van der Waals surface area (Å²) in [5.74, 6) is -5.37. The molecule has 144 valence electrons. The second-order valence-corrected chi connectivity index (χ2v) is 8.13. The Hall–Kier alpha value is -2.46. The highest BCUT2D eigenvalue weighted by atomic mass is 32.2. The molecule has 0 saturated carbocycles. The highest BCUT2D eigenvalue weighted by Gasteiger charge is 2.57. The summed E-state index contributed by atoms with van der Waals surface area (Å²) in [5.41, 5.74) is 4.33. The first kappa shape index (κ1) is 19.3. The van der Waals surface area contributed by atoms with Gasteiger partial charge in [-0.1, -0.05) is 0 Å². The van der Waals surface area contributed by atoms with Gasteiger partial charge in [0.15, 0.2) is 16.0 Å². The summed E-state index contributed by atoms with van der Waals surface area (Å²) in [6, 6.07) is 3.04. The van der Waals surface area contributed by atoms with Crippen LogP contribution >= 0.6 is 0 Å². The fraction of sp³-hybridized carbons (Fsp3) is 0.235. The number of halogens is 4. The molecule has 0 radical (unpaired) electrons. The Morgan fingerprint density at radius 3 is 2.48 bits per heavy atom. The van der Waals surface area contributed by atoms with Gasteiger partial charge in [0, 0.05) is 29.7 Å². The Balaban J connectivity index is 2.20. The van der Waals surface area contributed by atoms with E-state index in [0.717, 1.165) is 36.7 Å². The van der Waals surface area contributed by atoms with E-state index in [9.17, 15) is 26.0 Å². The van der Waals surface area contributed by atoms with E-state index in [2.05, 4.69) is 0 Å². The van der Waals surface area contributed by atoms with Crippen LogP contribution in [0.3, 0.4) is 0 Å². The molecule has 1 aliphatic rings. The standard InChI is InChI=1S/C17H14F4N2O3S/c1-27(24,25)12-3-2-11(13-14(12)16(23)17(20,21)15(13)19)26-10-5-8(7-22)4-9(18)6-10/h2-7,15-16,22H,23H2,1H3/t15-,16+/m1/s1. The molecule has 0 spiro atoms. The maximum absolute atomic E-state index is 14.5. The predicted octanol–water partition coefficient (Wildman–Crippen LogP) is 3.68. The van der Waals surface area contributed by atoms with Crippen LogP contribution in [0.25, 0.3) is 0 Å². The molecule has 0 bridgehead atoms. The van der Waals surface area contributed by atoms with Crippen molar-refractivity contribution in [1.29, 1.82) is 5.41 Å². The Labute approximate surface area is 152 Å². The monoisotopic (exact) mass is 402 g/mol. The van der Waals surface area contributed by atoms with Crippen molar-refractivity contribution in [2.45, 2.75) is 23.0 Å². The lowest BCUT2D eigenvalue weighted by molar-refractivity contribution is -0.0813. The molecule has 0 fully saturated rings. The fourth-order valence-electron chi connectivity index (χ4n) is 2.99. The predicted molar refractivity (Wildman–Crippen MR) is 89.6 cm³/mol. The van der Waals surface area contributed by atoms with Crippen LogP contribution in [-0.4, -0.2) is 26.8 Å².